The molecule has 0 bridgehead atoms. The first-order valence-electron chi connectivity index (χ1n) is 11.5. The largest absolute Gasteiger partial charge is 0.465 e. The highest BCUT2D eigenvalue weighted by molar-refractivity contribution is 7.99. The zero-order valence-corrected chi connectivity index (χ0v) is 20.4. The highest BCUT2D eigenvalue weighted by Crippen LogP contribution is 2.29. The molecule has 2 aromatic heterocycles. The molecule has 0 saturated carbocycles. The van der Waals surface area contributed by atoms with Crippen LogP contribution in [-0.2, 0) is 27.5 Å². The van der Waals surface area contributed by atoms with E-state index in [1.165, 1.54) is 0 Å². The van der Waals surface area contributed by atoms with Gasteiger partial charge in [-0.15, -0.1) is 0 Å². The molecule has 1 aromatic carbocycles. The summed E-state index contributed by atoms with van der Waals surface area (Å²) in [6.07, 6.45) is 4.23. The number of nitrogens with zero attached hydrogens (tertiary/aromatic N) is 4. The monoisotopic (exact) mass is 487 g/mol. The Morgan fingerprint density at radius 2 is 2.27 bits per heavy atom. The Morgan fingerprint density at radius 3 is 3.09 bits per heavy atom. The number of hydrogen-bond acceptors (Lipinski definition) is 7. The van der Waals surface area contributed by atoms with Crippen molar-refractivity contribution in [3.05, 3.63) is 35.2 Å². The molecule has 2 fully saturated rings. The topological polar surface area (TPSA) is 77.3 Å². The number of thioether (sulfide) groups is 1. The van der Waals surface area contributed by atoms with Crippen molar-refractivity contribution >= 4 is 40.9 Å². The molecule has 2 saturated heterocycles. The van der Waals surface area contributed by atoms with E-state index in [4.69, 9.17) is 26.8 Å². The Balaban J connectivity index is 1.51. The number of para-hydroxylation sites is 1. The summed E-state index contributed by atoms with van der Waals surface area (Å²) in [6, 6.07) is 7.92. The van der Waals surface area contributed by atoms with E-state index in [-0.39, 0.29) is 18.1 Å². The van der Waals surface area contributed by atoms with Gasteiger partial charge >= 0.3 is 5.97 Å². The second kappa shape index (κ2) is 10.0. The van der Waals surface area contributed by atoms with Gasteiger partial charge in [0.1, 0.15) is 6.04 Å². The predicted molar refractivity (Wildman–Crippen MR) is 132 cm³/mol. The predicted octanol–water partition coefficient (Wildman–Crippen LogP) is 3.68. The SMILES string of the molecule is CCOC(=O)[C@H]1CSCCN1Cn1nc(-c2c[nH]c3ccccc23)n(C[C@H]2CCCO2)c1=S. The standard InChI is InChI=1S/C23H29N5O3S2/c1-2-30-22(29)20-14-33-11-9-26(20)15-28-23(32)27(13-16-6-5-10-31-16)21(25-28)18-12-24-19-8-4-3-7-17(18)19/h3-4,7-8,12,16,20,24H,2,5-6,9-11,13-15H2,1H3/t16-,20-/m1/s1. The molecule has 176 valence electrons. The third-order valence-electron chi connectivity index (χ3n) is 6.28. The summed E-state index contributed by atoms with van der Waals surface area (Å²) in [7, 11) is 0. The summed E-state index contributed by atoms with van der Waals surface area (Å²) in [4.78, 5) is 18.0. The van der Waals surface area contributed by atoms with Crippen LogP contribution in [0.3, 0.4) is 0 Å². The number of carbonyl (C=O) groups is 1. The van der Waals surface area contributed by atoms with Gasteiger partial charge in [-0.3, -0.25) is 14.3 Å². The van der Waals surface area contributed by atoms with Crippen molar-refractivity contribution in [3.8, 4) is 11.4 Å². The minimum atomic E-state index is -0.287. The van der Waals surface area contributed by atoms with Crippen LogP contribution in [0, 0.1) is 4.77 Å². The molecule has 0 amide bonds. The number of H-pyrrole nitrogens is 1. The van der Waals surface area contributed by atoms with Crippen LogP contribution < -0.4 is 0 Å². The minimum absolute atomic E-state index is 0.136. The number of benzene rings is 1. The van der Waals surface area contributed by atoms with Crippen LogP contribution in [0.15, 0.2) is 30.5 Å². The molecule has 10 heteroatoms. The Hall–Kier alpha value is -2.14. The molecule has 3 aromatic rings. The molecule has 1 N–H and O–H groups in total. The summed E-state index contributed by atoms with van der Waals surface area (Å²) < 4.78 is 15.8. The number of aromatic nitrogens is 4. The van der Waals surface area contributed by atoms with Crippen molar-refractivity contribution in [2.24, 2.45) is 0 Å². The molecule has 5 rings (SSSR count). The lowest BCUT2D eigenvalue weighted by Crippen LogP contribution is -2.48. The number of fused-ring (bicyclic) bond motifs is 1. The molecule has 0 radical (unpaired) electrons. The van der Waals surface area contributed by atoms with Gasteiger partial charge < -0.3 is 14.5 Å². The van der Waals surface area contributed by atoms with E-state index in [9.17, 15) is 4.79 Å². The van der Waals surface area contributed by atoms with Crippen LogP contribution in [0.1, 0.15) is 19.8 Å². The lowest BCUT2D eigenvalue weighted by molar-refractivity contribution is -0.149. The Morgan fingerprint density at radius 1 is 1.39 bits per heavy atom. The van der Waals surface area contributed by atoms with Gasteiger partial charge in [0.2, 0.25) is 0 Å². The van der Waals surface area contributed by atoms with Crippen molar-refractivity contribution < 1.29 is 14.3 Å². The van der Waals surface area contributed by atoms with Crippen LogP contribution in [0.4, 0.5) is 0 Å². The third kappa shape index (κ3) is 4.62. The third-order valence-corrected chi connectivity index (χ3v) is 7.73. The molecule has 2 atom stereocenters. The van der Waals surface area contributed by atoms with E-state index >= 15 is 0 Å². The molecule has 8 nitrogen and oxygen atoms in total. The number of rotatable bonds is 7. The quantitative estimate of drug-likeness (QED) is 0.402. The minimum Gasteiger partial charge on any atom is -0.465 e. The molecule has 2 aliphatic heterocycles. The van der Waals surface area contributed by atoms with E-state index in [0.717, 1.165) is 59.8 Å². The van der Waals surface area contributed by atoms with Crippen molar-refractivity contribution in [1.29, 1.82) is 0 Å². The van der Waals surface area contributed by atoms with Crippen LogP contribution >= 0.6 is 24.0 Å². The first-order chi connectivity index (χ1) is 16.2. The second-order valence-corrected chi connectivity index (χ2v) is 9.91. The Labute approximate surface area is 202 Å². The lowest BCUT2D eigenvalue weighted by Gasteiger charge is -2.33. The van der Waals surface area contributed by atoms with E-state index < -0.39 is 0 Å². The molecular weight excluding hydrogens is 458 g/mol. The normalized spacial score (nSPS) is 21.6. The Kier molecular flexibility index (Phi) is 6.86. The average molecular weight is 488 g/mol. The fraction of sp³-hybridized carbons (Fsp3) is 0.522. The summed E-state index contributed by atoms with van der Waals surface area (Å²) in [5.74, 6) is 2.34. The molecule has 2 aliphatic rings. The van der Waals surface area contributed by atoms with E-state index in [0.29, 0.717) is 24.6 Å². The lowest BCUT2D eigenvalue weighted by atomic mass is 10.1. The molecule has 4 heterocycles. The maximum absolute atomic E-state index is 12.6. The second-order valence-electron chi connectivity index (χ2n) is 8.40. The number of hydrogen-bond donors (Lipinski definition) is 1. The van der Waals surface area contributed by atoms with Gasteiger partial charge in [0.15, 0.2) is 10.6 Å². The summed E-state index contributed by atoms with van der Waals surface area (Å²) >= 11 is 7.70. The fourth-order valence-electron chi connectivity index (χ4n) is 4.58. The molecule has 33 heavy (non-hydrogen) atoms. The number of aromatic amines is 1. The number of esters is 1. The van der Waals surface area contributed by atoms with E-state index in [1.54, 1.807) is 11.8 Å². The van der Waals surface area contributed by atoms with E-state index in [1.807, 2.05) is 29.9 Å². The number of ether oxygens (including phenoxy) is 2. The molecule has 0 spiro atoms. The highest BCUT2D eigenvalue weighted by Gasteiger charge is 2.31. The number of carbonyl (C=O) groups excluding carboxylic acids is 1. The van der Waals surface area contributed by atoms with Gasteiger partial charge in [0.05, 0.1) is 25.9 Å². The smallest absolute Gasteiger partial charge is 0.324 e. The zero-order chi connectivity index (χ0) is 22.8. The van der Waals surface area contributed by atoms with Crippen molar-refractivity contribution in [1.82, 2.24) is 24.2 Å². The fourth-order valence-corrected chi connectivity index (χ4v) is 5.94. The summed E-state index contributed by atoms with van der Waals surface area (Å²) in [6.45, 7) is 4.93. The first kappa shape index (κ1) is 22.6. The summed E-state index contributed by atoms with van der Waals surface area (Å²) in [5, 5.41) is 6.09. The van der Waals surface area contributed by atoms with Gasteiger partial charge in [-0.2, -0.15) is 16.9 Å². The van der Waals surface area contributed by atoms with E-state index in [2.05, 4.69) is 26.6 Å². The van der Waals surface area contributed by atoms with Crippen molar-refractivity contribution in [2.75, 3.05) is 31.3 Å². The highest BCUT2D eigenvalue weighted by atomic mass is 32.2. The number of nitrogens with one attached hydrogen (secondary N) is 1. The van der Waals surface area contributed by atoms with Crippen molar-refractivity contribution in [3.63, 3.8) is 0 Å². The summed E-state index contributed by atoms with van der Waals surface area (Å²) in [5.41, 5.74) is 2.08. The Bertz CT molecular complexity index is 1180. The first-order valence-corrected chi connectivity index (χ1v) is 13.1. The zero-order valence-electron chi connectivity index (χ0n) is 18.7. The van der Waals surface area contributed by atoms with Gasteiger partial charge in [0, 0.05) is 47.3 Å². The van der Waals surface area contributed by atoms with Crippen LogP contribution in [0.5, 0.6) is 0 Å². The maximum Gasteiger partial charge on any atom is 0.324 e. The van der Waals surface area contributed by atoms with Gasteiger partial charge in [-0.05, 0) is 38.0 Å². The van der Waals surface area contributed by atoms with Gasteiger partial charge in [0.25, 0.3) is 0 Å². The molecule has 0 unspecified atom stereocenters. The van der Waals surface area contributed by atoms with Crippen LogP contribution in [0.25, 0.3) is 22.3 Å². The molecular formula is C23H29N5O3S2. The average Bonchev–Trinajstić information content (AvgIpc) is 3.56. The van der Waals surface area contributed by atoms with Crippen LogP contribution in [0.2, 0.25) is 0 Å². The maximum atomic E-state index is 12.6. The van der Waals surface area contributed by atoms with Gasteiger partial charge in [-0.1, -0.05) is 18.2 Å². The van der Waals surface area contributed by atoms with Gasteiger partial charge in [-0.25, -0.2) is 4.68 Å². The molecule has 0 aliphatic carbocycles. The van der Waals surface area contributed by atoms with Crippen molar-refractivity contribution in [2.45, 2.75) is 45.1 Å². The van der Waals surface area contributed by atoms with Crippen LogP contribution in [-0.4, -0.2) is 73.6 Å².